The maximum Gasteiger partial charge on any atom is 0.293 e. The van der Waals surface area contributed by atoms with Gasteiger partial charge in [-0.1, -0.05) is 18.2 Å². The predicted molar refractivity (Wildman–Crippen MR) is 54.0 cm³/mol. The summed E-state index contributed by atoms with van der Waals surface area (Å²) in [6.45, 7) is 0.719. The van der Waals surface area contributed by atoms with E-state index in [1.807, 2.05) is 30.3 Å². The summed E-state index contributed by atoms with van der Waals surface area (Å²) in [5.74, 6) is 0.809. The zero-order valence-corrected chi connectivity index (χ0v) is 7.97. The van der Waals surface area contributed by atoms with Crippen molar-refractivity contribution in [3.8, 4) is 5.75 Å². The van der Waals surface area contributed by atoms with E-state index in [9.17, 15) is 4.79 Å². The Morgan fingerprint density at radius 1 is 1.43 bits per heavy atom. The molecule has 0 bridgehead atoms. The van der Waals surface area contributed by atoms with Crippen LogP contribution in [-0.4, -0.2) is 20.2 Å². The topological polar surface area (TPSA) is 35.5 Å². The Kier molecular flexibility index (Phi) is 4.27. The summed E-state index contributed by atoms with van der Waals surface area (Å²) in [5.41, 5.74) is 1.01. The van der Waals surface area contributed by atoms with Crippen LogP contribution in [0.5, 0.6) is 5.75 Å². The third-order valence-electron chi connectivity index (χ3n) is 1.66. The fraction of sp³-hybridized carbons (Fsp3) is 0.182. The standard InChI is InChI=1S/C11H12O3/c1-13-11-6-2-4-10(8-11)5-3-7-14-9-12/h2-6,8-9H,7H2,1H3. The molecule has 0 aliphatic rings. The van der Waals surface area contributed by atoms with Crippen LogP contribution in [0.4, 0.5) is 0 Å². The third-order valence-corrected chi connectivity index (χ3v) is 1.66. The minimum absolute atomic E-state index is 0.292. The molecule has 0 unspecified atom stereocenters. The van der Waals surface area contributed by atoms with Gasteiger partial charge in [-0.3, -0.25) is 4.79 Å². The predicted octanol–water partition coefficient (Wildman–Crippen LogP) is 1.88. The van der Waals surface area contributed by atoms with E-state index in [4.69, 9.17) is 4.74 Å². The first-order chi connectivity index (χ1) is 6.86. The molecular weight excluding hydrogens is 180 g/mol. The zero-order chi connectivity index (χ0) is 10.2. The molecule has 0 N–H and O–H groups in total. The van der Waals surface area contributed by atoms with E-state index in [0.717, 1.165) is 11.3 Å². The molecule has 3 nitrogen and oxygen atoms in total. The Hall–Kier alpha value is -1.77. The van der Waals surface area contributed by atoms with Crippen molar-refractivity contribution in [1.82, 2.24) is 0 Å². The summed E-state index contributed by atoms with van der Waals surface area (Å²) in [6, 6.07) is 7.62. The number of hydrogen-bond acceptors (Lipinski definition) is 3. The van der Waals surface area contributed by atoms with Gasteiger partial charge < -0.3 is 9.47 Å². The molecule has 1 rings (SSSR count). The first kappa shape index (κ1) is 10.3. The zero-order valence-electron chi connectivity index (χ0n) is 7.97. The molecule has 3 heteroatoms. The van der Waals surface area contributed by atoms with Crippen LogP contribution in [0, 0.1) is 0 Å². The monoisotopic (exact) mass is 192 g/mol. The van der Waals surface area contributed by atoms with Crippen molar-refractivity contribution in [2.75, 3.05) is 13.7 Å². The summed E-state index contributed by atoms with van der Waals surface area (Å²) in [4.78, 5) is 9.84. The highest BCUT2D eigenvalue weighted by Crippen LogP contribution is 2.13. The second-order valence-electron chi connectivity index (χ2n) is 2.61. The molecular formula is C11H12O3. The van der Waals surface area contributed by atoms with Gasteiger partial charge in [-0.25, -0.2) is 0 Å². The highest BCUT2D eigenvalue weighted by Gasteiger charge is 1.90. The van der Waals surface area contributed by atoms with Crippen molar-refractivity contribution in [3.05, 3.63) is 35.9 Å². The molecule has 1 aromatic rings. The van der Waals surface area contributed by atoms with Gasteiger partial charge in [-0.05, 0) is 23.8 Å². The molecule has 0 spiro atoms. The normalized spacial score (nSPS) is 10.1. The number of ether oxygens (including phenoxy) is 2. The minimum atomic E-state index is 0.292. The maximum atomic E-state index is 9.84. The largest absolute Gasteiger partial charge is 0.497 e. The summed E-state index contributed by atoms with van der Waals surface area (Å²) < 4.78 is 9.57. The van der Waals surface area contributed by atoms with E-state index >= 15 is 0 Å². The molecule has 0 radical (unpaired) electrons. The van der Waals surface area contributed by atoms with Crippen molar-refractivity contribution in [2.24, 2.45) is 0 Å². The van der Waals surface area contributed by atoms with Crippen LogP contribution < -0.4 is 4.74 Å². The lowest BCUT2D eigenvalue weighted by molar-refractivity contribution is -0.127. The van der Waals surface area contributed by atoms with E-state index in [-0.39, 0.29) is 0 Å². The van der Waals surface area contributed by atoms with Gasteiger partial charge in [-0.2, -0.15) is 0 Å². The van der Waals surface area contributed by atoms with E-state index in [1.165, 1.54) is 0 Å². The number of rotatable bonds is 5. The van der Waals surface area contributed by atoms with Crippen molar-refractivity contribution < 1.29 is 14.3 Å². The van der Waals surface area contributed by atoms with Crippen LogP contribution in [-0.2, 0) is 9.53 Å². The van der Waals surface area contributed by atoms with Gasteiger partial charge >= 0.3 is 0 Å². The molecule has 0 aromatic heterocycles. The second-order valence-corrected chi connectivity index (χ2v) is 2.61. The highest BCUT2D eigenvalue weighted by atomic mass is 16.5. The van der Waals surface area contributed by atoms with Crippen molar-refractivity contribution in [1.29, 1.82) is 0 Å². The van der Waals surface area contributed by atoms with Gasteiger partial charge in [0.25, 0.3) is 6.47 Å². The average Bonchev–Trinajstić information content (AvgIpc) is 2.25. The number of hydrogen-bond donors (Lipinski definition) is 0. The van der Waals surface area contributed by atoms with E-state index in [1.54, 1.807) is 13.2 Å². The number of carbonyl (C=O) groups is 1. The van der Waals surface area contributed by atoms with Crippen molar-refractivity contribution in [2.45, 2.75) is 0 Å². The summed E-state index contributed by atoms with van der Waals surface area (Å²) in [6.07, 6.45) is 3.63. The van der Waals surface area contributed by atoms with Gasteiger partial charge in [0.05, 0.1) is 7.11 Å². The molecule has 0 aliphatic heterocycles. The Morgan fingerprint density at radius 3 is 3.00 bits per heavy atom. The van der Waals surface area contributed by atoms with E-state index in [0.29, 0.717) is 13.1 Å². The fourth-order valence-corrected chi connectivity index (χ4v) is 1.02. The smallest absolute Gasteiger partial charge is 0.293 e. The molecule has 0 saturated heterocycles. The lowest BCUT2D eigenvalue weighted by Gasteiger charge is -1.99. The van der Waals surface area contributed by atoms with Crippen LogP contribution in [0.2, 0.25) is 0 Å². The molecule has 74 valence electrons. The van der Waals surface area contributed by atoms with Gasteiger partial charge in [0, 0.05) is 0 Å². The van der Waals surface area contributed by atoms with Crippen LogP contribution in [0.1, 0.15) is 5.56 Å². The molecule has 0 fully saturated rings. The Morgan fingerprint density at radius 2 is 2.29 bits per heavy atom. The second kappa shape index (κ2) is 5.80. The minimum Gasteiger partial charge on any atom is -0.497 e. The van der Waals surface area contributed by atoms with E-state index < -0.39 is 0 Å². The fourth-order valence-electron chi connectivity index (χ4n) is 1.02. The van der Waals surface area contributed by atoms with Crippen LogP contribution >= 0.6 is 0 Å². The van der Waals surface area contributed by atoms with Gasteiger partial charge in [-0.15, -0.1) is 0 Å². The van der Waals surface area contributed by atoms with Gasteiger partial charge in [0.2, 0.25) is 0 Å². The molecule has 0 atom stereocenters. The van der Waals surface area contributed by atoms with Crippen molar-refractivity contribution in [3.63, 3.8) is 0 Å². The van der Waals surface area contributed by atoms with Crippen LogP contribution in [0.25, 0.3) is 6.08 Å². The number of methoxy groups -OCH3 is 1. The van der Waals surface area contributed by atoms with Crippen LogP contribution in [0.3, 0.4) is 0 Å². The van der Waals surface area contributed by atoms with Gasteiger partial charge in [0.15, 0.2) is 0 Å². The first-order valence-electron chi connectivity index (χ1n) is 4.22. The lowest BCUT2D eigenvalue weighted by Crippen LogP contribution is -1.86. The molecule has 0 saturated carbocycles. The Labute approximate surface area is 83.0 Å². The van der Waals surface area contributed by atoms with Crippen LogP contribution in [0.15, 0.2) is 30.3 Å². The summed E-state index contributed by atoms with van der Waals surface area (Å²) >= 11 is 0. The molecule has 0 amide bonds. The molecule has 1 aromatic carbocycles. The number of benzene rings is 1. The summed E-state index contributed by atoms with van der Waals surface area (Å²) in [5, 5.41) is 0. The molecule has 14 heavy (non-hydrogen) atoms. The first-order valence-corrected chi connectivity index (χ1v) is 4.22. The highest BCUT2D eigenvalue weighted by molar-refractivity contribution is 5.52. The average molecular weight is 192 g/mol. The maximum absolute atomic E-state index is 9.84. The third kappa shape index (κ3) is 3.31. The van der Waals surface area contributed by atoms with Crippen molar-refractivity contribution >= 4 is 12.5 Å². The molecule has 0 heterocycles. The SMILES string of the molecule is COc1cccc(C=CCOC=O)c1. The lowest BCUT2D eigenvalue weighted by atomic mass is 10.2. The Balaban J connectivity index is 2.57. The quantitative estimate of drug-likeness (QED) is 0.528. The molecule has 0 aliphatic carbocycles. The summed E-state index contributed by atoms with van der Waals surface area (Å²) in [7, 11) is 1.62. The number of carbonyl (C=O) groups excluding carboxylic acids is 1. The Bertz CT molecular complexity index is 318. The van der Waals surface area contributed by atoms with E-state index in [2.05, 4.69) is 4.74 Å². The van der Waals surface area contributed by atoms with Gasteiger partial charge in [0.1, 0.15) is 12.4 Å².